The Morgan fingerprint density at radius 1 is 0.345 bits per heavy atom. The van der Waals surface area contributed by atoms with Crippen molar-refractivity contribution in [2.24, 2.45) is 7.05 Å². The van der Waals surface area contributed by atoms with Gasteiger partial charge in [-0.25, -0.2) is 17.7 Å². The predicted octanol–water partition coefficient (Wildman–Crippen LogP) is 6.36. The molecule has 10 aromatic heterocycles. The normalized spacial score (nSPS) is 15.4. The van der Waals surface area contributed by atoms with Crippen LogP contribution < -0.4 is 115 Å². The maximum atomic E-state index is 13.7. The van der Waals surface area contributed by atoms with Crippen molar-refractivity contribution < 1.29 is 77.8 Å². The number of fused-ring (bicyclic) bond motifs is 5. The number of carbonyl (C=O) groups is 5. The minimum atomic E-state index is -0.519. The summed E-state index contributed by atoms with van der Waals surface area (Å²) in [6.45, 7) is -0.0758. The minimum Gasteiger partial charge on any atom is -1.00 e. The summed E-state index contributed by atoms with van der Waals surface area (Å²) in [5, 5.41) is 4.50. The summed E-state index contributed by atoms with van der Waals surface area (Å²) in [4.78, 5) is 156. The molecule has 30 nitrogen and oxygen atoms in total. The van der Waals surface area contributed by atoms with Crippen molar-refractivity contribution in [1.29, 1.82) is 0 Å². The zero-order chi connectivity index (χ0) is 104. The second kappa shape index (κ2) is 48.9. The Bertz CT molecular complexity index is 8380. The van der Waals surface area contributed by atoms with Crippen molar-refractivity contribution >= 4 is 241 Å². The third-order valence-corrected chi connectivity index (χ3v) is 35.4. The van der Waals surface area contributed by atoms with Gasteiger partial charge in [-0.3, -0.25) is 90.7 Å². The standard InChI is InChI=1S/C21H18ClN3O3S2.C21H18FN3O3S2.C21H20N3O3S2.2C20H16FN3O3S2.ClH/c2*1-24-15-7-6-13(22)11-16(15)29-21(24)19-20(27)25(10-8-18(26)28-2)17(30-19)12-14-5-3-4-9-23-14;1-22-11-7-6-8-14(22)12-17-24(13-18(25)27-3)20(26)19(29-17)21-23(2)15-9-4-5-10-16(15)28-21;1-23-14-4-3-13(21)10-15(14)28-20(23)18-19(26)24(11-17(25)27-2)16(29-18)9-12-5-7-22-8-6-12;1-23-14-9-12(21)6-7-15(14)28-20(23)18-19(26)24(11-17(25)27-2)16(29-18)10-13-5-3-4-8-22-13;/h2*3-7,9,11-12H,8,10H2,1-2H3;4-12H,13H2,1-3H3;2*3-10H,11H2,1-2H3;1H/q;;+1;;;/p-1/b2*17-12-,21-19+;21-19+;16-9-,20-18+;16-10-,20-18+;. The van der Waals surface area contributed by atoms with Gasteiger partial charge in [0, 0.05) is 127 Å². The lowest BCUT2D eigenvalue weighted by atomic mass is 10.3. The van der Waals surface area contributed by atoms with Gasteiger partial charge in [-0.2, -0.15) is 0 Å². The highest BCUT2D eigenvalue weighted by Crippen LogP contribution is 2.50. The Labute approximate surface area is 894 Å². The molecule has 0 N–H and O–H groups in total. The van der Waals surface area contributed by atoms with E-state index in [1.54, 1.807) is 94.2 Å². The van der Waals surface area contributed by atoms with Crippen LogP contribution in [-0.2, 0) is 87.4 Å². The third-order valence-electron chi connectivity index (χ3n) is 22.8. The molecule has 0 unspecified atom stereocenters. The molecular weight excluding hydrogens is 2140 g/mol. The van der Waals surface area contributed by atoms with E-state index >= 15 is 0 Å². The molecule has 0 fully saturated rings. The lowest BCUT2D eigenvalue weighted by molar-refractivity contribution is -0.673. The van der Waals surface area contributed by atoms with Gasteiger partial charge in [-0.1, -0.05) is 101 Å². The molecule has 5 aromatic carbocycles. The lowest BCUT2D eigenvalue weighted by Crippen LogP contribution is -3.00. The van der Waals surface area contributed by atoms with Gasteiger partial charge in [-0.15, -0.1) is 56.7 Å². The number of rotatable bonds is 17. The predicted molar refractivity (Wildman–Crippen MR) is 576 cm³/mol. The number of thiazole rings is 5. The number of aromatic nitrogens is 10. The van der Waals surface area contributed by atoms with Gasteiger partial charge in [0.2, 0.25) is 5.69 Å². The highest BCUT2D eigenvalue weighted by molar-refractivity contribution is 8.10. The van der Waals surface area contributed by atoms with E-state index in [0.717, 1.165) is 83.9 Å². The number of esters is 5. The molecule has 15 heterocycles. The topological polar surface area (TPSA) is 313 Å². The number of aryl methyl sites for hydroxylation is 1. The molecule has 0 saturated carbocycles. The molecular formula is C103H88Cl2F3N15O15S10. The Morgan fingerprint density at radius 3 is 1.06 bits per heavy atom. The molecule has 0 amide bonds. The van der Waals surface area contributed by atoms with Crippen LogP contribution in [0.5, 0.6) is 0 Å². The van der Waals surface area contributed by atoms with Crippen LogP contribution >= 0.6 is 127 Å². The van der Waals surface area contributed by atoms with Crippen LogP contribution in [0.25, 0.3) is 55.5 Å². The number of para-hydroxylation sites is 1. The van der Waals surface area contributed by atoms with Crippen molar-refractivity contribution in [3.63, 3.8) is 0 Å². The molecule has 15 aromatic rings. The van der Waals surface area contributed by atoms with Gasteiger partial charge in [0.1, 0.15) is 111 Å². The van der Waals surface area contributed by atoms with E-state index < -0.39 is 17.9 Å². The molecule has 0 saturated heterocycles. The smallest absolute Gasteiger partial charge is 0.325 e. The fraction of sp³-hybridized carbons (Fsp3) is 0.175. The van der Waals surface area contributed by atoms with Crippen molar-refractivity contribution in [1.82, 2.24) is 42.8 Å². The first kappa shape index (κ1) is 108. The molecule has 45 heteroatoms. The molecule has 5 aliphatic rings. The van der Waals surface area contributed by atoms with Gasteiger partial charge >= 0.3 is 29.8 Å². The van der Waals surface area contributed by atoms with E-state index in [0.29, 0.717) is 73.5 Å². The zero-order valence-corrected chi connectivity index (χ0v) is 90.1. The average molecular weight is 2220 g/mol. The summed E-state index contributed by atoms with van der Waals surface area (Å²) in [6, 6.07) is 53.4. The van der Waals surface area contributed by atoms with Crippen LogP contribution in [0.15, 0.2) is 268 Å². The number of hydrogen-bond acceptors (Lipinski definition) is 34. The van der Waals surface area contributed by atoms with Crippen LogP contribution in [0.3, 0.4) is 0 Å². The van der Waals surface area contributed by atoms with E-state index in [9.17, 15) is 61.1 Å². The second-order valence-corrected chi connectivity index (χ2v) is 42.8. The van der Waals surface area contributed by atoms with E-state index in [1.165, 1.54) is 189 Å². The maximum Gasteiger partial charge on any atom is 0.325 e. The zero-order valence-electron chi connectivity index (χ0n) is 80.4. The van der Waals surface area contributed by atoms with E-state index in [1.807, 2.05) is 211 Å². The number of nitrogens with zero attached hydrogens (tertiary/aromatic N) is 15. The molecule has 760 valence electrons. The average Bonchev–Trinajstić information content (AvgIpc) is 1.64. The fourth-order valence-electron chi connectivity index (χ4n) is 15.2. The molecule has 0 aliphatic carbocycles. The van der Waals surface area contributed by atoms with Gasteiger partial charge in [0.05, 0.1) is 98.6 Å². The molecule has 5 aliphatic heterocycles. The lowest BCUT2D eigenvalue weighted by Gasteiger charge is -2.12. The minimum absolute atomic E-state index is 0. The number of ether oxygens (including phenoxy) is 5. The van der Waals surface area contributed by atoms with Gasteiger partial charge in [0.25, 0.3) is 27.8 Å². The van der Waals surface area contributed by atoms with Crippen molar-refractivity contribution in [3.05, 3.63) is 368 Å². The van der Waals surface area contributed by atoms with E-state index in [4.69, 9.17) is 35.3 Å². The van der Waals surface area contributed by atoms with E-state index in [2.05, 4.69) is 19.9 Å². The molecule has 148 heavy (non-hydrogen) atoms. The number of methoxy groups -OCH3 is 5. The second-order valence-electron chi connectivity index (χ2n) is 32.1. The van der Waals surface area contributed by atoms with Crippen molar-refractivity contribution in [3.8, 4) is 0 Å². The van der Waals surface area contributed by atoms with Crippen LogP contribution in [0.2, 0.25) is 5.02 Å². The third kappa shape index (κ3) is 24.6. The Hall–Kier alpha value is -13.8. The largest absolute Gasteiger partial charge is 1.00 e. The van der Waals surface area contributed by atoms with Gasteiger partial charge in [-0.05, 0) is 169 Å². The number of thioether (sulfide) groups is 5. The highest BCUT2D eigenvalue weighted by atomic mass is 35.5. The number of pyridine rings is 5. The fourth-order valence-corrected chi connectivity index (χ4v) is 27.6. The molecule has 0 radical (unpaired) electrons. The van der Waals surface area contributed by atoms with Gasteiger partial charge < -0.3 is 60.6 Å². The summed E-state index contributed by atoms with van der Waals surface area (Å²) in [5.41, 5.74) is 7.24. The Kier molecular flexibility index (Phi) is 35.8. The maximum absolute atomic E-state index is 13.7. The number of carbonyl (C=O) groups excluding carboxylic acids is 5. The monoisotopic (exact) mass is 2220 g/mol. The van der Waals surface area contributed by atoms with Crippen LogP contribution in [0.1, 0.15) is 41.2 Å². The van der Waals surface area contributed by atoms with Crippen LogP contribution in [0.4, 0.5) is 41.6 Å². The van der Waals surface area contributed by atoms with Crippen molar-refractivity contribution in [2.45, 2.75) is 70.0 Å². The quantitative estimate of drug-likeness (QED) is 0.0544. The Balaban J connectivity index is 0.000000138. The molecule has 0 spiro atoms. The number of hydrogen-bond donors (Lipinski definition) is 0. The summed E-state index contributed by atoms with van der Waals surface area (Å²) in [7, 11) is 17.9. The van der Waals surface area contributed by atoms with E-state index in [-0.39, 0.29) is 115 Å². The summed E-state index contributed by atoms with van der Waals surface area (Å²) >= 11 is 20.0. The first-order chi connectivity index (χ1) is 70.9. The number of anilines is 5. The summed E-state index contributed by atoms with van der Waals surface area (Å²) < 4.78 is 80.2. The van der Waals surface area contributed by atoms with Crippen molar-refractivity contribution in [2.75, 3.05) is 95.3 Å². The summed E-state index contributed by atoms with van der Waals surface area (Å²) in [6.07, 6.45) is 19.7. The molecule has 20 rings (SSSR count). The van der Waals surface area contributed by atoms with Crippen LogP contribution in [0, 0.1) is 17.5 Å². The first-order valence-electron chi connectivity index (χ1n) is 44.5. The number of benzene rings is 5. The number of halogens is 5. The molecule has 0 atom stereocenters. The SMILES string of the molecule is COC(=O)CCn1c(=O)/c(=C2\Sc3cc(Cl)ccc3N2C)s/c1=C\c1ccccn1.COC(=O)CCn1c(=O)/c(=C2\Sc3cc(F)ccc3N2C)s/c1=C\c1ccccn1.COC(=O)Cn1c(=O)/c(=C2\Sc3cc(F)ccc3N2C)s/c1=C\c1ccncc1.COC(=O)Cn1c(=O)/c(=C2\Sc3ccc(F)cc3N2C)s/c1=C\c1ccccn1.COC(=O)Cn1c(=O)/c(=C2\Sc3ccccc3N2C)s/c1=C\c1cccc[n+]1C.[Cl-]. The Morgan fingerprint density at radius 2 is 0.669 bits per heavy atom. The summed E-state index contributed by atoms with van der Waals surface area (Å²) in [5.74, 6) is -3.21. The molecule has 0 bridgehead atoms. The highest BCUT2D eigenvalue weighted by Gasteiger charge is 2.33. The van der Waals surface area contributed by atoms with Crippen LogP contribution in [-0.4, -0.2) is 143 Å². The van der Waals surface area contributed by atoms with Gasteiger partial charge in [0.15, 0.2) is 6.20 Å². The first-order valence-corrected chi connectivity index (χ1v) is 53.0.